The monoisotopic (exact) mass is 197 g/mol. The second-order valence-electron chi connectivity index (χ2n) is 3.88. The van der Waals surface area contributed by atoms with Gasteiger partial charge in [0.2, 0.25) is 0 Å². The van der Waals surface area contributed by atoms with Crippen LogP contribution in [0.3, 0.4) is 0 Å². The van der Waals surface area contributed by atoms with Gasteiger partial charge in [-0.2, -0.15) is 5.10 Å². The minimum Gasteiger partial charge on any atom is -0.481 e. The van der Waals surface area contributed by atoms with Gasteiger partial charge in [0, 0.05) is 13.2 Å². The van der Waals surface area contributed by atoms with E-state index >= 15 is 0 Å². The van der Waals surface area contributed by atoms with E-state index in [-0.39, 0.29) is 0 Å². The van der Waals surface area contributed by atoms with Crippen LogP contribution in [-0.4, -0.2) is 20.9 Å². The molecule has 0 fully saturated rings. The lowest BCUT2D eigenvalue weighted by atomic mass is 9.83. The van der Waals surface area contributed by atoms with Gasteiger partial charge in [0.25, 0.3) is 0 Å². The number of rotatable bonds is 3. The molecule has 5 nitrogen and oxygen atoms in total. The van der Waals surface area contributed by atoms with Crippen LogP contribution in [0.15, 0.2) is 12.3 Å². The van der Waals surface area contributed by atoms with E-state index < -0.39 is 17.4 Å². The fourth-order valence-corrected chi connectivity index (χ4v) is 1.19. The molecule has 3 N–H and O–H groups in total. The zero-order valence-electron chi connectivity index (χ0n) is 8.56. The van der Waals surface area contributed by atoms with E-state index in [2.05, 4.69) is 5.10 Å². The summed E-state index contributed by atoms with van der Waals surface area (Å²) in [6.07, 6.45) is 1.60. The summed E-state index contributed by atoms with van der Waals surface area (Å²) in [5.41, 5.74) is 5.60. The van der Waals surface area contributed by atoms with Gasteiger partial charge in [-0.15, -0.1) is 0 Å². The van der Waals surface area contributed by atoms with Gasteiger partial charge in [-0.25, -0.2) is 0 Å². The molecule has 78 valence electrons. The van der Waals surface area contributed by atoms with E-state index in [9.17, 15) is 4.79 Å². The number of aryl methyl sites for hydroxylation is 1. The van der Waals surface area contributed by atoms with Crippen molar-refractivity contribution in [3.8, 4) is 0 Å². The largest absolute Gasteiger partial charge is 0.481 e. The highest BCUT2D eigenvalue weighted by molar-refractivity contribution is 5.74. The van der Waals surface area contributed by atoms with Crippen molar-refractivity contribution in [2.45, 2.75) is 19.9 Å². The van der Waals surface area contributed by atoms with Crippen LogP contribution in [0.1, 0.15) is 25.6 Å². The number of hydrogen-bond acceptors (Lipinski definition) is 3. The first-order chi connectivity index (χ1) is 6.37. The fourth-order valence-electron chi connectivity index (χ4n) is 1.19. The Hall–Kier alpha value is -1.36. The molecule has 0 amide bonds. The molecule has 0 saturated heterocycles. The highest BCUT2D eigenvalue weighted by atomic mass is 16.4. The molecule has 1 heterocycles. The van der Waals surface area contributed by atoms with E-state index in [1.54, 1.807) is 37.8 Å². The average molecular weight is 197 g/mol. The first-order valence-electron chi connectivity index (χ1n) is 4.34. The summed E-state index contributed by atoms with van der Waals surface area (Å²) in [7, 11) is 1.74. The van der Waals surface area contributed by atoms with Crippen molar-refractivity contribution in [2.75, 3.05) is 0 Å². The van der Waals surface area contributed by atoms with Crippen molar-refractivity contribution < 1.29 is 9.90 Å². The molecular formula is C9H15N3O2. The maximum absolute atomic E-state index is 11.0. The highest BCUT2D eigenvalue weighted by Gasteiger charge is 2.36. The number of nitrogens with two attached hydrogens (primary N) is 1. The summed E-state index contributed by atoms with van der Waals surface area (Å²) in [5, 5.41) is 12.9. The molecule has 5 heteroatoms. The third-order valence-electron chi connectivity index (χ3n) is 2.51. The molecule has 0 bridgehead atoms. The molecule has 1 atom stereocenters. The summed E-state index contributed by atoms with van der Waals surface area (Å²) < 4.78 is 1.59. The molecule has 0 radical (unpaired) electrons. The lowest BCUT2D eigenvalue weighted by Gasteiger charge is -2.26. The molecule has 1 unspecified atom stereocenters. The predicted octanol–water partition coefficient (Wildman–Crippen LogP) is 0.531. The van der Waals surface area contributed by atoms with Crippen molar-refractivity contribution in [3.05, 3.63) is 18.0 Å². The minimum atomic E-state index is -0.992. The SMILES string of the molecule is Cn1nccc1C(N)C(C)(C)C(=O)O. The summed E-state index contributed by atoms with van der Waals surface area (Å²) in [5.74, 6) is -0.911. The minimum absolute atomic E-state index is 0.563. The van der Waals surface area contributed by atoms with Gasteiger partial charge in [0.1, 0.15) is 0 Å². The maximum atomic E-state index is 11.0. The van der Waals surface area contributed by atoms with Gasteiger partial charge < -0.3 is 10.8 Å². The first-order valence-corrected chi connectivity index (χ1v) is 4.34. The Morgan fingerprint density at radius 3 is 2.64 bits per heavy atom. The van der Waals surface area contributed by atoms with Gasteiger partial charge in [0.05, 0.1) is 17.2 Å². The Kier molecular flexibility index (Phi) is 2.62. The summed E-state index contributed by atoms with van der Waals surface area (Å²) in [6.45, 7) is 3.21. The second kappa shape index (κ2) is 3.42. The van der Waals surface area contributed by atoms with E-state index in [0.717, 1.165) is 5.69 Å². The van der Waals surface area contributed by atoms with Crippen LogP contribution in [0.25, 0.3) is 0 Å². The fraction of sp³-hybridized carbons (Fsp3) is 0.556. The van der Waals surface area contributed by atoms with E-state index in [1.165, 1.54) is 0 Å². The van der Waals surface area contributed by atoms with Crippen LogP contribution >= 0.6 is 0 Å². The van der Waals surface area contributed by atoms with Crippen LogP contribution in [0.5, 0.6) is 0 Å². The zero-order chi connectivity index (χ0) is 10.9. The highest BCUT2D eigenvalue weighted by Crippen LogP contribution is 2.30. The molecule has 1 aromatic heterocycles. The summed E-state index contributed by atoms with van der Waals surface area (Å²) in [6, 6.07) is 1.17. The molecule has 0 aliphatic heterocycles. The normalized spacial score (nSPS) is 14.0. The van der Waals surface area contributed by atoms with Crippen molar-refractivity contribution >= 4 is 5.97 Å². The molecule has 0 saturated carbocycles. The first kappa shape index (κ1) is 10.7. The topological polar surface area (TPSA) is 81.1 Å². The van der Waals surface area contributed by atoms with Crippen LogP contribution < -0.4 is 5.73 Å². The van der Waals surface area contributed by atoms with Crippen LogP contribution in [0, 0.1) is 5.41 Å². The lowest BCUT2D eigenvalue weighted by Crippen LogP contribution is -2.37. The quantitative estimate of drug-likeness (QED) is 0.740. The number of nitrogens with zero attached hydrogens (tertiary/aromatic N) is 2. The Bertz CT molecular complexity index is 344. The van der Waals surface area contributed by atoms with Gasteiger partial charge in [-0.1, -0.05) is 0 Å². The van der Waals surface area contributed by atoms with Crippen molar-refractivity contribution in [1.82, 2.24) is 9.78 Å². The smallest absolute Gasteiger partial charge is 0.311 e. The zero-order valence-corrected chi connectivity index (χ0v) is 8.56. The molecule has 0 aliphatic carbocycles. The Morgan fingerprint density at radius 2 is 2.29 bits per heavy atom. The Labute approximate surface area is 82.5 Å². The van der Waals surface area contributed by atoms with E-state index in [1.807, 2.05) is 0 Å². The molecule has 1 aromatic rings. The van der Waals surface area contributed by atoms with Crippen molar-refractivity contribution in [1.29, 1.82) is 0 Å². The molecule has 1 rings (SSSR count). The van der Waals surface area contributed by atoms with Gasteiger partial charge >= 0.3 is 5.97 Å². The molecular weight excluding hydrogens is 182 g/mol. The van der Waals surface area contributed by atoms with Gasteiger partial charge in [-0.05, 0) is 19.9 Å². The van der Waals surface area contributed by atoms with E-state index in [0.29, 0.717) is 0 Å². The van der Waals surface area contributed by atoms with Gasteiger partial charge in [-0.3, -0.25) is 9.48 Å². The second-order valence-corrected chi connectivity index (χ2v) is 3.88. The molecule has 0 aliphatic rings. The third-order valence-corrected chi connectivity index (χ3v) is 2.51. The lowest BCUT2D eigenvalue weighted by molar-refractivity contribution is -0.148. The standard InChI is InChI=1S/C9H15N3O2/c1-9(2,8(13)14)7(10)6-4-5-11-12(6)3/h4-5,7H,10H2,1-3H3,(H,13,14). The molecule has 14 heavy (non-hydrogen) atoms. The van der Waals surface area contributed by atoms with Crippen molar-refractivity contribution in [3.63, 3.8) is 0 Å². The number of aromatic nitrogens is 2. The summed E-state index contributed by atoms with van der Waals surface area (Å²) in [4.78, 5) is 11.0. The molecule has 0 spiro atoms. The van der Waals surface area contributed by atoms with Crippen LogP contribution in [-0.2, 0) is 11.8 Å². The predicted molar refractivity (Wildman–Crippen MR) is 51.6 cm³/mol. The number of carbonyl (C=O) groups is 1. The number of carboxylic acids is 1. The maximum Gasteiger partial charge on any atom is 0.311 e. The summed E-state index contributed by atoms with van der Waals surface area (Å²) >= 11 is 0. The van der Waals surface area contributed by atoms with E-state index in [4.69, 9.17) is 10.8 Å². The van der Waals surface area contributed by atoms with Crippen LogP contribution in [0.2, 0.25) is 0 Å². The number of carboxylic acid groups (broad SMARTS) is 1. The van der Waals surface area contributed by atoms with Crippen LogP contribution in [0.4, 0.5) is 0 Å². The number of aliphatic carboxylic acids is 1. The average Bonchev–Trinajstić information content (AvgIpc) is 2.49. The third kappa shape index (κ3) is 1.63. The van der Waals surface area contributed by atoms with Gasteiger partial charge in [0.15, 0.2) is 0 Å². The Balaban J connectivity index is 3.02. The number of hydrogen-bond donors (Lipinski definition) is 2. The Morgan fingerprint density at radius 1 is 1.71 bits per heavy atom. The van der Waals surface area contributed by atoms with Crippen molar-refractivity contribution in [2.24, 2.45) is 18.2 Å². The molecule has 0 aromatic carbocycles.